The maximum atomic E-state index is 6.22. The normalized spacial score (nSPS) is 34.8. The van der Waals surface area contributed by atoms with Gasteiger partial charge in [0, 0.05) is 25.0 Å². The van der Waals surface area contributed by atoms with Crippen LogP contribution in [0.2, 0.25) is 0 Å². The Bertz CT molecular complexity index is 192. The zero-order valence-corrected chi connectivity index (χ0v) is 10.5. The number of hydrogen-bond donors (Lipinski definition) is 0. The van der Waals surface area contributed by atoms with E-state index in [1.54, 1.807) is 0 Å². The van der Waals surface area contributed by atoms with Gasteiger partial charge in [-0.2, -0.15) is 0 Å². The molecular formula is C12H23ClN2. The zero-order chi connectivity index (χ0) is 10.7. The Kier molecular flexibility index (Phi) is 4.30. The van der Waals surface area contributed by atoms with Gasteiger partial charge in [0.2, 0.25) is 0 Å². The van der Waals surface area contributed by atoms with Gasteiger partial charge < -0.3 is 9.80 Å². The first-order valence-electron chi connectivity index (χ1n) is 6.34. The van der Waals surface area contributed by atoms with Crippen LogP contribution < -0.4 is 0 Å². The van der Waals surface area contributed by atoms with Crippen molar-refractivity contribution in [3.8, 4) is 0 Å². The minimum absolute atomic E-state index is 0.410. The highest BCUT2D eigenvalue weighted by Gasteiger charge is 2.24. The average molecular weight is 231 g/mol. The van der Waals surface area contributed by atoms with E-state index in [0.717, 1.165) is 0 Å². The van der Waals surface area contributed by atoms with Crippen molar-refractivity contribution in [3.05, 3.63) is 0 Å². The minimum atomic E-state index is 0.410. The summed E-state index contributed by atoms with van der Waals surface area (Å²) >= 11 is 6.22. The van der Waals surface area contributed by atoms with E-state index < -0.39 is 0 Å². The molecule has 0 spiro atoms. The molecule has 0 N–H and O–H groups in total. The van der Waals surface area contributed by atoms with E-state index in [-0.39, 0.29) is 0 Å². The van der Waals surface area contributed by atoms with Crippen LogP contribution in [0.3, 0.4) is 0 Å². The first-order valence-corrected chi connectivity index (χ1v) is 6.78. The van der Waals surface area contributed by atoms with Crippen LogP contribution in [0.15, 0.2) is 0 Å². The van der Waals surface area contributed by atoms with Gasteiger partial charge in [-0.1, -0.05) is 6.92 Å². The molecule has 88 valence electrons. The standard InChI is InChI=1S/C12H23ClN2/c1-11-10-15(7-4-12(11)13)9-8-14-5-2-3-6-14/h11-12H,2-10H2,1H3. The molecule has 0 aliphatic carbocycles. The van der Waals surface area contributed by atoms with E-state index in [0.29, 0.717) is 11.3 Å². The number of likely N-dealkylation sites (tertiary alicyclic amines) is 2. The number of halogens is 1. The third-order valence-electron chi connectivity index (χ3n) is 3.82. The van der Waals surface area contributed by atoms with E-state index in [1.807, 2.05) is 0 Å². The van der Waals surface area contributed by atoms with Crippen LogP contribution in [0.4, 0.5) is 0 Å². The Labute approximate surface area is 98.6 Å². The molecule has 2 rings (SSSR count). The van der Waals surface area contributed by atoms with Crippen LogP contribution in [0, 0.1) is 5.92 Å². The van der Waals surface area contributed by atoms with Crippen LogP contribution in [0.25, 0.3) is 0 Å². The van der Waals surface area contributed by atoms with Gasteiger partial charge in [-0.05, 0) is 44.8 Å². The maximum absolute atomic E-state index is 6.22. The molecule has 2 fully saturated rings. The van der Waals surface area contributed by atoms with E-state index in [2.05, 4.69) is 16.7 Å². The van der Waals surface area contributed by atoms with Gasteiger partial charge in [0.05, 0.1) is 0 Å². The number of hydrogen-bond acceptors (Lipinski definition) is 2. The Morgan fingerprint density at radius 1 is 1.07 bits per heavy atom. The Hall–Kier alpha value is 0.210. The number of alkyl halides is 1. The Morgan fingerprint density at radius 2 is 1.73 bits per heavy atom. The molecule has 2 aliphatic heterocycles. The zero-order valence-electron chi connectivity index (χ0n) is 9.79. The molecular weight excluding hydrogens is 208 g/mol. The first-order chi connectivity index (χ1) is 7.25. The second-order valence-electron chi connectivity index (χ2n) is 5.13. The second-order valence-corrected chi connectivity index (χ2v) is 5.69. The van der Waals surface area contributed by atoms with Crippen molar-refractivity contribution in [2.24, 2.45) is 5.92 Å². The summed E-state index contributed by atoms with van der Waals surface area (Å²) in [4.78, 5) is 5.18. The summed E-state index contributed by atoms with van der Waals surface area (Å²) in [6.45, 7) is 9.82. The van der Waals surface area contributed by atoms with Gasteiger partial charge in [-0.25, -0.2) is 0 Å². The van der Waals surface area contributed by atoms with Gasteiger partial charge in [0.15, 0.2) is 0 Å². The number of nitrogens with zero attached hydrogens (tertiary/aromatic N) is 2. The molecule has 0 aromatic heterocycles. The second kappa shape index (κ2) is 5.51. The lowest BCUT2D eigenvalue weighted by molar-refractivity contribution is 0.166. The van der Waals surface area contributed by atoms with Crippen molar-refractivity contribution in [3.63, 3.8) is 0 Å². The van der Waals surface area contributed by atoms with Crippen LogP contribution in [0.5, 0.6) is 0 Å². The van der Waals surface area contributed by atoms with E-state index in [1.165, 1.54) is 58.5 Å². The lowest BCUT2D eigenvalue weighted by Gasteiger charge is -2.34. The highest BCUT2D eigenvalue weighted by Crippen LogP contribution is 2.21. The molecule has 2 unspecified atom stereocenters. The average Bonchev–Trinajstić information content (AvgIpc) is 2.73. The lowest BCUT2D eigenvalue weighted by atomic mass is 10.00. The molecule has 15 heavy (non-hydrogen) atoms. The summed E-state index contributed by atoms with van der Waals surface area (Å²) in [5, 5.41) is 0.410. The topological polar surface area (TPSA) is 6.48 Å². The van der Waals surface area contributed by atoms with Crippen LogP contribution >= 0.6 is 11.6 Å². The summed E-state index contributed by atoms with van der Waals surface area (Å²) in [7, 11) is 0. The molecule has 0 amide bonds. The van der Waals surface area contributed by atoms with Gasteiger partial charge in [-0.15, -0.1) is 11.6 Å². The monoisotopic (exact) mass is 230 g/mol. The minimum Gasteiger partial charge on any atom is -0.302 e. The van der Waals surface area contributed by atoms with Crippen LogP contribution in [0.1, 0.15) is 26.2 Å². The molecule has 0 radical (unpaired) electrons. The quantitative estimate of drug-likeness (QED) is 0.685. The van der Waals surface area contributed by atoms with Crippen molar-refractivity contribution < 1.29 is 0 Å². The van der Waals surface area contributed by atoms with Gasteiger partial charge >= 0.3 is 0 Å². The summed E-state index contributed by atoms with van der Waals surface area (Å²) in [6, 6.07) is 0. The maximum Gasteiger partial charge on any atom is 0.0386 e. The van der Waals surface area contributed by atoms with E-state index in [9.17, 15) is 0 Å². The number of piperidine rings is 1. The Balaban J connectivity index is 1.66. The molecule has 0 aromatic carbocycles. The van der Waals surface area contributed by atoms with Crippen molar-refractivity contribution in [1.82, 2.24) is 9.80 Å². The highest BCUT2D eigenvalue weighted by atomic mass is 35.5. The van der Waals surface area contributed by atoms with E-state index in [4.69, 9.17) is 11.6 Å². The molecule has 2 nitrogen and oxygen atoms in total. The molecule has 2 atom stereocenters. The van der Waals surface area contributed by atoms with Crippen LogP contribution in [-0.4, -0.2) is 54.4 Å². The SMILES string of the molecule is CC1CN(CCN2CCCC2)CCC1Cl. The summed E-state index contributed by atoms with van der Waals surface area (Å²) < 4.78 is 0. The Morgan fingerprint density at radius 3 is 2.40 bits per heavy atom. The molecule has 2 aliphatic rings. The fraction of sp³-hybridized carbons (Fsp3) is 1.00. The summed E-state index contributed by atoms with van der Waals surface area (Å²) in [5.41, 5.74) is 0. The van der Waals surface area contributed by atoms with Crippen molar-refractivity contribution in [1.29, 1.82) is 0 Å². The fourth-order valence-electron chi connectivity index (χ4n) is 2.70. The van der Waals surface area contributed by atoms with Crippen molar-refractivity contribution in [2.75, 3.05) is 39.3 Å². The predicted octanol–water partition coefficient (Wildman–Crippen LogP) is 2.03. The molecule has 2 saturated heterocycles. The van der Waals surface area contributed by atoms with E-state index >= 15 is 0 Å². The third kappa shape index (κ3) is 3.33. The number of rotatable bonds is 3. The third-order valence-corrected chi connectivity index (χ3v) is 4.46. The van der Waals surface area contributed by atoms with Gasteiger partial charge in [-0.3, -0.25) is 0 Å². The van der Waals surface area contributed by atoms with Gasteiger partial charge in [0.25, 0.3) is 0 Å². The summed E-state index contributed by atoms with van der Waals surface area (Å²) in [5.74, 6) is 0.666. The largest absolute Gasteiger partial charge is 0.302 e. The van der Waals surface area contributed by atoms with Crippen molar-refractivity contribution in [2.45, 2.75) is 31.6 Å². The first kappa shape index (κ1) is 11.7. The molecule has 3 heteroatoms. The molecule has 0 saturated carbocycles. The lowest BCUT2D eigenvalue weighted by Crippen LogP contribution is -2.43. The van der Waals surface area contributed by atoms with Crippen molar-refractivity contribution >= 4 is 11.6 Å². The molecule has 0 bridgehead atoms. The van der Waals surface area contributed by atoms with Crippen LogP contribution in [-0.2, 0) is 0 Å². The highest BCUT2D eigenvalue weighted by molar-refractivity contribution is 6.20. The molecule has 0 aromatic rings. The summed E-state index contributed by atoms with van der Waals surface area (Å²) in [6.07, 6.45) is 3.98. The smallest absolute Gasteiger partial charge is 0.0386 e. The van der Waals surface area contributed by atoms with Gasteiger partial charge in [0.1, 0.15) is 0 Å². The fourth-order valence-corrected chi connectivity index (χ4v) is 2.87. The molecule has 2 heterocycles. The predicted molar refractivity (Wildman–Crippen MR) is 65.5 cm³/mol.